The van der Waals surface area contributed by atoms with Crippen LogP contribution in [0, 0.1) is 0 Å². The number of primary sulfonamides is 1. The van der Waals surface area contributed by atoms with Crippen LogP contribution in [0.2, 0.25) is 0 Å². The molecule has 0 unspecified atom stereocenters. The van der Waals surface area contributed by atoms with Crippen molar-refractivity contribution in [3.05, 3.63) is 23.5 Å². The van der Waals surface area contributed by atoms with Gasteiger partial charge in [-0.15, -0.1) is 0 Å². The van der Waals surface area contributed by atoms with Crippen molar-refractivity contribution in [1.82, 2.24) is 4.98 Å². The van der Waals surface area contributed by atoms with E-state index in [1.165, 1.54) is 0 Å². The van der Waals surface area contributed by atoms with Crippen LogP contribution in [-0.2, 0) is 20.9 Å². The Morgan fingerprint density at radius 2 is 1.94 bits per heavy atom. The second kappa shape index (κ2) is 4.53. The van der Waals surface area contributed by atoms with Crippen LogP contribution in [0.5, 0.6) is 0 Å². The number of pyridine rings is 1. The van der Waals surface area contributed by atoms with Crippen LogP contribution >= 0.6 is 0 Å². The van der Waals surface area contributed by atoms with E-state index in [9.17, 15) is 26.4 Å². The number of halogens is 3. The Hall–Kier alpha value is -1.68. The number of nitrogens with zero attached hydrogens (tertiary/aromatic N) is 1. The zero-order valence-corrected chi connectivity index (χ0v) is 9.67. The quantitative estimate of drug-likeness (QED) is 0.799. The third kappa shape index (κ3) is 3.17. The third-order valence-corrected chi connectivity index (χ3v) is 2.71. The van der Waals surface area contributed by atoms with Crippen LogP contribution in [0.25, 0.3) is 0 Å². The van der Waals surface area contributed by atoms with Gasteiger partial charge < -0.3 is 4.74 Å². The highest BCUT2D eigenvalue weighted by molar-refractivity contribution is 7.89. The summed E-state index contributed by atoms with van der Waals surface area (Å²) in [6, 6.07) is 0.845. The lowest BCUT2D eigenvalue weighted by Gasteiger charge is -2.09. The molecule has 0 fully saturated rings. The van der Waals surface area contributed by atoms with E-state index >= 15 is 0 Å². The van der Waals surface area contributed by atoms with Gasteiger partial charge in [-0.1, -0.05) is 0 Å². The first kappa shape index (κ1) is 14.4. The van der Waals surface area contributed by atoms with Crippen molar-refractivity contribution in [2.24, 2.45) is 5.14 Å². The summed E-state index contributed by atoms with van der Waals surface area (Å²) in [5.74, 6) is -1.20. The minimum Gasteiger partial charge on any atom is -0.464 e. The molecule has 0 saturated carbocycles. The van der Waals surface area contributed by atoms with Gasteiger partial charge in [0.1, 0.15) is 11.4 Å². The number of methoxy groups -OCH3 is 1. The van der Waals surface area contributed by atoms with Crippen molar-refractivity contribution in [2.45, 2.75) is 11.1 Å². The largest absolute Gasteiger partial charge is 0.464 e. The van der Waals surface area contributed by atoms with Gasteiger partial charge in [-0.2, -0.15) is 13.2 Å². The topological polar surface area (TPSA) is 99.4 Å². The monoisotopic (exact) mass is 284 g/mol. The molecule has 1 heterocycles. The van der Waals surface area contributed by atoms with Crippen molar-refractivity contribution in [3.8, 4) is 0 Å². The molecule has 6 nitrogen and oxygen atoms in total. The Bertz CT molecular complexity index is 582. The minimum absolute atomic E-state index is 0.238. The first-order chi connectivity index (χ1) is 8.05. The summed E-state index contributed by atoms with van der Waals surface area (Å²) in [4.78, 5) is 13.2. The lowest BCUT2D eigenvalue weighted by Crippen LogP contribution is -2.18. The fourth-order valence-corrected chi connectivity index (χ4v) is 1.58. The molecule has 2 N–H and O–H groups in total. The van der Waals surface area contributed by atoms with Gasteiger partial charge in [0.15, 0.2) is 0 Å². The molecule has 1 aromatic rings. The maximum Gasteiger partial charge on any atom is 0.433 e. The smallest absolute Gasteiger partial charge is 0.433 e. The van der Waals surface area contributed by atoms with Crippen LogP contribution in [0.1, 0.15) is 16.2 Å². The molecule has 0 aliphatic rings. The Morgan fingerprint density at radius 3 is 2.33 bits per heavy atom. The van der Waals surface area contributed by atoms with Crippen molar-refractivity contribution in [3.63, 3.8) is 0 Å². The molecule has 100 valence electrons. The molecule has 0 atom stereocenters. The molecule has 0 aromatic carbocycles. The second-order valence-electron chi connectivity index (χ2n) is 3.11. The van der Waals surface area contributed by atoms with Gasteiger partial charge in [-0.05, 0) is 12.1 Å². The summed E-state index contributed by atoms with van der Waals surface area (Å²) >= 11 is 0. The normalized spacial score (nSPS) is 12.3. The minimum atomic E-state index is -4.91. The number of hydrogen-bond donors (Lipinski definition) is 1. The van der Waals surface area contributed by atoms with E-state index in [2.05, 4.69) is 9.72 Å². The van der Waals surface area contributed by atoms with E-state index in [4.69, 9.17) is 5.14 Å². The predicted molar refractivity (Wildman–Crippen MR) is 52.0 cm³/mol. The Labute approximate surface area is 99.6 Å². The highest BCUT2D eigenvalue weighted by atomic mass is 32.2. The first-order valence-electron chi connectivity index (χ1n) is 4.26. The van der Waals surface area contributed by atoms with E-state index in [0.29, 0.717) is 6.07 Å². The first-order valence-corrected chi connectivity index (χ1v) is 5.80. The van der Waals surface area contributed by atoms with E-state index in [-0.39, 0.29) is 6.07 Å². The Balaban J connectivity index is 3.54. The molecule has 0 radical (unpaired) electrons. The van der Waals surface area contributed by atoms with Crippen LogP contribution < -0.4 is 5.14 Å². The third-order valence-electron chi connectivity index (χ3n) is 1.81. The number of esters is 1. The SMILES string of the molecule is COC(=O)c1cc(S(N)(=O)=O)cc(C(F)(F)F)n1. The van der Waals surface area contributed by atoms with Crippen LogP contribution in [0.15, 0.2) is 17.0 Å². The number of sulfonamides is 1. The molecule has 0 spiro atoms. The average Bonchev–Trinajstić information content (AvgIpc) is 2.25. The van der Waals surface area contributed by atoms with E-state index in [1.54, 1.807) is 0 Å². The molecular weight excluding hydrogens is 277 g/mol. The van der Waals surface area contributed by atoms with E-state index < -0.39 is 38.5 Å². The molecular formula is C8H7F3N2O4S. The number of carbonyl (C=O) groups is 1. The van der Waals surface area contributed by atoms with Gasteiger partial charge in [0.25, 0.3) is 0 Å². The van der Waals surface area contributed by atoms with E-state index in [1.807, 2.05) is 0 Å². The fraction of sp³-hybridized carbons (Fsp3) is 0.250. The number of hydrogen-bond acceptors (Lipinski definition) is 5. The van der Waals surface area contributed by atoms with E-state index in [0.717, 1.165) is 7.11 Å². The lowest BCUT2D eigenvalue weighted by molar-refractivity contribution is -0.141. The van der Waals surface area contributed by atoms with Gasteiger partial charge >= 0.3 is 12.1 Å². The lowest BCUT2D eigenvalue weighted by atomic mass is 10.3. The molecule has 10 heteroatoms. The average molecular weight is 284 g/mol. The van der Waals surface area contributed by atoms with Crippen molar-refractivity contribution < 1.29 is 31.1 Å². The zero-order chi connectivity index (χ0) is 14.1. The summed E-state index contributed by atoms with van der Waals surface area (Å²) in [6.07, 6.45) is -4.91. The van der Waals surface area contributed by atoms with Crippen LogP contribution in [-0.4, -0.2) is 26.5 Å². The standard InChI is InChI=1S/C8H7F3N2O4S/c1-17-7(14)5-2-4(18(12,15)16)3-6(13-5)8(9,10)11/h2-3H,1H3,(H2,12,15,16). The fourth-order valence-electron chi connectivity index (χ4n) is 1.02. The highest BCUT2D eigenvalue weighted by Crippen LogP contribution is 2.29. The van der Waals surface area contributed by atoms with Crippen molar-refractivity contribution in [2.75, 3.05) is 7.11 Å². The molecule has 1 rings (SSSR count). The highest BCUT2D eigenvalue weighted by Gasteiger charge is 2.35. The maximum absolute atomic E-state index is 12.5. The number of alkyl halides is 3. The number of rotatable bonds is 2. The van der Waals surface area contributed by atoms with Gasteiger partial charge in [0, 0.05) is 0 Å². The molecule has 18 heavy (non-hydrogen) atoms. The second-order valence-corrected chi connectivity index (χ2v) is 4.67. The molecule has 0 bridgehead atoms. The summed E-state index contributed by atoms with van der Waals surface area (Å²) in [5.41, 5.74) is -2.34. The predicted octanol–water partition coefficient (Wildman–Crippen LogP) is 0.534. The molecule has 0 saturated heterocycles. The van der Waals surface area contributed by atoms with Crippen molar-refractivity contribution in [1.29, 1.82) is 0 Å². The molecule has 0 aliphatic heterocycles. The summed E-state index contributed by atoms with van der Waals surface area (Å²) in [6.45, 7) is 0. The van der Waals surface area contributed by atoms with Crippen LogP contribution in [0.3, 0.4) is 0 Å². The molecule has 1 aromatic heterocycles. The summed E-state index contributed by atoms with van der Waals surface area (Å²) in [5, 5.41) is 4.70. The number of carbonyl (C=O) groups excluding carboxylic acids is 1. The van der Waals surface area contributed by atoms with Gasteiger partial charge in [-0.3, -0.25) is 0 Å². The Morgan fingerprint density at radius 1 is 1.39 bits per heavy atom. The molecule has 0 amide bonds. The van der Waals surface area contributed by atoms with Gasteiger partial charge in [0.05, 0.1) is 12.0 Å². The van der Waals surface area contributed by atoms with Crippen molar-refractivity contribution >= 4 is 16.0 Å². The summed E-state index contributed by atoms with van der Waals surface area (Å²) < 4.78 is 63.5. The number of ether oxygens (including phenoxy) is 1. The molecule has 0 aliphatic carbocycles. The van der Waals surface area contributed by atoms with Gasteiger partial charge in [0.2, 0.25) is 10.0 Å². The number of nitrogens with two attached hydrogens (primary N) is 1. The summed E-state index contributed by atoms with van der Waals surface area (Å²) in [7, 11) is -3.48. The Kier molecular flexibility index (Phi) is 3.62. The number of aromatic nitrogens is 1. The maximum atomic E-state index is 12.5. The zero-order valence-electron chi connectivity index (χ0n) is 8.85. The van der Waals surface area contributed by atoms with Gasteiger partial charge in [-0.25, -0.2) is 23.3 Å². The van der Waals surface area contributed by atoms with Crippen LogP contribution in [0.4, 0.5) is 13.2 Å².